The summed E-state index contributed by atoms with van der Waals surface area (Å²) in [7, 11) is 1.71. The van der Waals surface area contributed by atoms with E-state index in [2.05, 4.69) is 31.7 Å². The Labute approximate surface area is 207 Å². The molecule has 0 aliphatic heterocycles. The van der Waals surface area contributed by atoms with Gasteiger partial charge in [0.05, 0.1) is 23.1 Å². The molecule has 4 aromatic rings. The first-order chi connectivity index (χ1) is 16.6. The van der Waals surface area contributed by atoms with E-state index in [0.717, 1.165) is 35.7 Å². The van der Waals surface area contributed by atoms with E-state index in [0.29, 0.717) is 41.4 Å². The molecule has 2 aromatic heterocycles. The molecule has 0 atom stereocenters. The van der Waals surface area contributed by atoms with Crippen LogP contribution >= 0.6 is 22.9 Å². The number of nitrogens with zero attached hydrogens (tertiary/aromatic N) is 4. The molecule has 0 bridgehead atoms. The number of hydrogen-bond donors (Lipinski definition) is 1. The fourth-order valence-electron chi connectivity index (χ4n) is 3.77. The number of aromatic nitrogens is 3. The summed E-state index contributed by atoms with van der Waals surface area (Å²) in [6.07, 6.45) is 0.884. The van der Waals surface area contributed by atoms with Gasteiger partial charge in [0.25, 0.3) is 5.56 Å². The van der Waals surface area contributed by atoms with Gasteiger partial charge in [-0.1, -0.05) is 36.7 Å². The number of aromatic amines is 1. The Morgan fingerprint density at radius 2 is 2.06 bits per heavy atom. The number of benzene rings is 2. The highest BCUT2D eigenvalue weighted by Gasteiger charge is 2.13. The zero-order chi connectivity index (χ0) is 23.9. The lowest BCUT2D eigenvalue weighted by Gasteiger charge is -2.21. The number of H-pyrrole nitrogens is 1. The second-order valence-electron chi connectivity index (χ2n) is 7.93. The molecule has 7 nitrogen and oxygen atoms in total. The molecule has 0 unspecified atom stereocenters. The molecule has 0 amide bonds. The summed E-state index contributed by atoms with van der Waals surface area (Å²) in [4.78, 5) is 28.1. The highest BCUT2D eigenvalue weighted by atomic mass is 35.5. The average Bonchev–Trinajstić information content (AvgIpc) is 3.19. The molecular weight excluding hydrogens is 470 g/mol. The van der Waals surface area contributed by atoms with Gasteiger partial charge in [0, 0.05) is 42.9 Å². The number of nitrogens with one attached hydrogen (secondary N) is 1. The van der Waals surface area contributed by atoms with Crippen molar-refractivity contribution in [3.8, 4) is 0 Å². The molecule has 1 N–H and O–H groups in total. The molecule has 0 saturated heterocycles. The predicted molar refractivity (Wildman–Crippen MR) is 138 cm³/mol. The molecule has 0 radical (unpaired) electrons. The van der Waals surface area contributed by atoms with Crippen LogP contribution in [0.5, 0.6) is 0 Å². The summed E-state index contributed by atoms with van der Waals surface area (Å²) >= 11 is 7.76. The summed E-state index contributed by atoms with van der Waals surface area (Å²) in [5, 5.41) is 3.42. The SMILES string of the molecule is CCN(Cc1nc2ccccc2c(=O)[nH]1)Cc1csc(=Nc2cccc(Cl)c2)n1CCCOC. The average molecular weight is 498 g/mol. The van der Waals surface area contributed by atoms with Crippen LogP contribution in [0.2, 0.25) is 5.02 Å². The van der Waals surface area contributed by atoms with Crippen LogP contribution in [0.4, 0.5) is 5.69 Å². The lowest BCUT2D eigenvalue weighted by molar-refractivity contribution is 0.188. The van der Waals surface area contributed by atoms with Gasteiger partial charge in [0.15, 0.2) is 4.80 Å². The normalized spacial score (nSPS) is 12.2. The van der Waals surface area contributed by atoms with Crippen LogP contribution in [0, 0.1) is 0 Å². The van der Waals surface area contributed by atoms with Crippen LogP contribution in [0.25, 0.3) is 10.9 Å². The minimum atomic E-state index is -0.107. The van der Waals surface area contributed by atoms with Gasteiger partial charge in [-0.05, 0) is 43.3 Å². The monoisotopic (exact) mass is 497 g/mol. The van der Waals surface area contributed by atoms with E-state index < -0.39 is 0 Å². The van der Waals surface area contributed by atoms with E-state index in [1.54, 1.807) is 24.5 Å². The van der Waals surface area contributed by atoms with Gasteiger partial charge in [0.1, 0.15) is 5.82 Å². The zero-order valence-corrected chi connectivity index (χ0v) is 20.9. The van der Waals surface area contributed by atoms with Crippen molar-refractivity contribution in [3.05, 3.63) is 85.6 Å². The fraction of sp³-hybridized carbons (Fsp3) is 0.320. The first-order valence-corrected chi connectivity index (χ1v) is 12.5. The number of ether oxygens (including phenoxy) is 1. The lowest BCUT2D eigenvalue weighted by atomic mass is 10.2. The first kappa shape index (κ1) is 24.3. The van der Waals surface area contributed by atoms with Crippen molar-refractivity contribution in [1.82, 2.24) is 19.4 Å². The van der Waals surface area contributed by atoms with Crippen LogP contribution in [-0.2, 0) is 24.4 Å². The molecule has 9 heteroatoms. The van der Waals surface area contributed by atoms with Crippen molar-refractivity contribution in [1.29, 1.82) is 0 Å². The number of para-hydroxylation sites is 1. The van der Waals surface area contributed by atoms with Crippen molar-refractivity contribution in [2.24, 2.45) is 4.99 Å². The molecule has 2 aromatic carbocycles. The molecular formula is C25H28ClN5O2S. The molecule has 2 heterocycles. The predicted octanol–water partition coefficient (Wildman–Crippen LogP) is 4.73. The minimum absolute atomic E-state index is 0.107. The Morgan fingerprint density at radius 1 is 1.21 bits per heavy atom. The standard InChI is InChI=1S/C25H28ClN5O2S/c1-3-30(16-23-28-22-11-5-4-10-21(22)24(32)29-23)15-20-17-34-25(31(20)12-7-13-33-2)27-19-9-6-8-18(26)14-19/h4-6,8-11,14,17H,3,7,12-13,15-16H2,1-2H3,(H,28,29,32). The Kier molecular flexibility index (Phi) is 8.29. The molecule has 4 rings (SSSR count). The van der Waals surface area contributed by atoms with E-state index in [1.807, 2.05) is 42.5 Å². The summed E-state index contributed by atoms with van der Waals surface area (Å²) < 4.78 is 7.51. The minimum Gasteiger partial charge on any atom is -0.385 e. The smallest absolute Gasteiger partial charge is 0.258 e. The molecule has 0 spiro atoms. The van der Waals surface area contributed by atoms with Crippen molar-refractivity contribution in [2.45, 2.75) is 33.0 Å². The summed E-state index contributed by atoms with van der Waals surface area (Å²) in [5.41, 5.74) is 2.59. The highest BCUT2D eigenvalue weighted by Crippen LogP contribution is 2.18. The van der Waals surface area contributed by atoms with Crippen LogP contribution < -0.4 is 10.4 Å². The maximum atomic E-state index is 12.5. The third kappa shape index (κ3) is 6.01. The lowest BCUT2D eigenvalue weighted by Crippen LogP contribution is -2.28. The van der Waals surface area contributed by atoms with Gasteiger partial charge < -0.3 is 14.3 Å². The van der Waals surface area contributed by atoms with Crippen LogP contribution in [0.1, 0.15) is 24.9 Å². The van der Waals surface area contributed by atoms with Gasteiger partial charge in [-0.3, -0.25) is 9.69 Å². The van der Waals surface area contributed by atoms with E-state index >= 15 is 0 Å². The van der Waals surface area contributed by atoms with Gasteiger partial charge >= 0.3 is 0 Å². The van der Waals surface area contributed by atoms with Crippen molar-refractivity contribution >= 4 is 39.5 Å². The molecule has 34 heavy (non-hydrogen) atoms. The molecule has 0 aliphatic rings. The van der Waals surface area contributed by atoms with Crippen LogP contribution in [0.15, 0.2) is 63.7 Å². The zero-order valence-electron chi connectivity index (χ0n) is 19.3. The number of rotatable bonds is 10. The summed E-state index contributed by atoms with van der Waals surface area (Å²) in [6, 6.07) is 15.0. The number of methoxy groups -OCH3 is 1. The van der Waals surface area contributed by atoms with Gasteiger partial charge in [0.2, 0.25) is 0 Å². The van der Waals surface area contributed by atoms with E-state index in [-0.39, 0.29) is 5.56 Å². The molecule has 0 aliphatic carbocycles. The fourth-order valence-corrected chi connectivity index (χ4v) is 4.89. The second-order valence-corrected chi connectivity index (χ2v) is 9.21. The molecule has 178 valence electrons. The Hall–Kier alpha value is -2.78. The maximum absolute atomic E-state index is 12.5. The molecule has 0 saturated carbocycles. The van der Waals surface area contributed by atoms with Gasteiger partial charge in [-0.15, -0.1) is 11.3 Å². The summed E-state index contributed by atoms with van der Waals surface area (Å²) in [5.74, 6) is 0.663. The number of fused-ring (bicyclic) bond motifs is 1. The van der Waals surface area contributed by atoms with Crippen molar-refractivity contribution in [3.63, 3.8) is 0 Å². The van der Waals surface area contributed by atoms with E-state index in [9.17, 15) is 4.79 Å². The van der Waals surface area contributed by atoms with Crippen LogP contribution in [0.3, 0.4) is 0 Å². The maximum Gasteiger partial charge on any atom is 0.258 e. The summed E-state index contributed by atoms with van der Waals surface area (Å²) in [6.45, 7) is 5.66. The Morgan fingerprint density at radius 3 is 2.85 bits per heavy atom. The number of thiazole rings is 1. The number of hydrogen-bond acceptors (Lipinski definition) is 6. The van der Waals surface area contributed by atoms with Crippen molar-refractivity contribution in [2.75, 3.05) is 20.3 Å². The van der Waals surface area contributed by atoms with Crippen LogP contribution in [-0.4, -0.2) is 39.7 Å². The third-order valence-corrected chi connectivity index (χ3v) is 6.66. The van der Waals surface area contributed by atoms with E-state index in [1.165, 1.54) is 0 Å². The second kappa shape index (κ2) is 11.6. The topological polar surface area (TPSA) is 75.5 Å². The Bertz CT molecular complexity index is 1380. The Balaban J connectivity index is 1.61. The highest BCUT2D eigenvalue weighted by molar-refractivity contribution is 7.07. The number of halogens is 1. The third-order valence-electron chi connectivity index (χ3n) is 5.51. The van der Waals surface area contributed by atoms with E-state index in [4.69, 9.17) is 21.3 Å². The van der Waals surface area contributed by atoms with Gasteiger partial charge in [-0.25, -0.2) is 9.98 Å². The largest absolute Gasteiger partial charge is 0.385 e. The van der Waals surface area contributed by atoms with Gasteiger partial charge in [-0.2, -0.15) is 0 Å². The quantitative estimate of drug-likeness (QED) is 0.321. The molecule has 0 fully saturated rings. The first-order valence-electron chi connectivity index (χ1n) is 11.2. The van der Waals surface area contributed by atoms with Crippen molar-refractivity contribution < 1.29 is 4.74 Å².